The quantitative estimate of drug-likeness (QED) is 0.684. The molecule has 2 atom stereocenters. The third-order valence-corrected chi connectivity index (χ3v) is 3.69. The minimum Gasteiger partial charge on any atom is -0.508 e. The Kier molecular flexibility index (Phi) is 2.16. The third kappa shape index (κ3) is 1.56. The van der Waals surface area contributed by atoms with Gasteiger partial charge in [-0.1, -0.05) is 6.07 Å². The summed E-state index contributed by atoms with van der Waals surface area (Å²) in [7, 11) is 0. The van der Waals surface area contributed by atoms with Gasteiger partial charge in [-0.3, -0.25) is 4.79 Å². The van der Waals surface area contributed by atoms with E-state index < -0.39 is 12.2 Å². The van der Waals surface area contributed by atoms with Gasteiger partial charge in [-0.2, -0.15) is 0 Å². The van der Waals surface area contributed by atoms with E-state index in [1.165, 1.54) is 18.2 Å². The Balaban J connectivity index is 1.87. The summed E-state index contributed by atoms with van der Waals surface area (Å²) in [5.41, 5.74) is 0.625. The van der Waals surface area contributed by atoms with E-state index in [0.29, 0.717) is 11.3 Å². The summed E-state index contributed by atoms with van der Waals surface area (Å²) >= 11 is 0. The second-order valence-electron chi connectivity index (χ2n) is 5.01. The molecule has 106 valence electrons. The van der Waals surface area contributed by atoms with Gasteiger partial charge in [-0.15, -0.1) is 0 Å². The predicted molar refractivity (Wildman–Crippen MR) is 70.0 cm³/mol. The van der Waals surface area contributed by atoms with Crippen molar-refractivity contribution in [1.29, 1.82) is 0 Å². The molecule has 6 heteroatoms. The van der Waals surface area contributed by atoms with Gasteiger partial charge in [0.25, 0.3) is 6.29 Å². The van der Waals surface area contributed by atoms with Crippen LogP contribution in [0.1, 0.15) is 21.8 Å². The number of fused-ring (bicyclic) bond motifs is 4. The molecule has 0 saturated heterocycles. The van der Waals surface area contributed by atoms with E-state index in [2.05, 4.69) is 0 Å². The molecule has 2 aromatic rings. The van der Waals surface area contributed by atoms with Crippen LogP contribution in [-0.4, -0.2) is 27.4 Å². The van der Waals surface area contributed by atoms with E-state index in [0.717, 1.165) is 6.07 Å². The average molecular weight is 286 g/mol. The molecule has 2 heterocycles. The predicted octanol–water partition coefficient (Wildman–Crippen LogP) is 1.88. The molecule has 0 fully saturated rings. The van der Waals surface area contributed by atoms with Crippen LogP contribution in [0, 0.1) is 0 Å². The van der Waals surface area contributed by atoms with Crippen molar-refractivity contribution in [1.82, 2.24) is 0 Å². The number of hydrogen-bond acceptors (Lipinski definition) is 6. The van der Waals surface area contributed by atoms with Crippen molar-refractivity contribution in [2.24, 2.45) is 0 Å². The lowest BCUT2D eigenvalue weighted by molar-refractivity contribution is -0.000951. The minimum absolute atomic E-state index is 0.0258. The lowest BCUT2D eigenvalue weighted by Crippen LogP contribution is -2.35. The largest absolute Gasteiger partial charge is 0.508 e. The van der Waals surface area contributed by atoms with Crippen LogP contribution in [0.2, 0.25) is 0 Å². The summed E-state index contributed by atoms with van der Waals surface area (Å²) in [5, 5.41) is 28.8. The Hall–Kier alpha value is -2.89. The molecule has 0 amide bonds. The third-order valence-electron chi connectivity index (χ3n) is 3.69. The Morgan fingerprint density at radius 3 is 2.43 bits per heavy atom. The Morgan fingerprint density at radius 1 is 0.905 bits per heavy atom. The summed E-state index contributed by atoms with van der Waals surface area (Å²) in [6.45, 7) is 0. The lowest BCUT2D eigenvalue weighted by Gasteiger charge is -2.26. The van der Waals surface area contributed by atoms with Gasteiger partial charge < -0.3 is 24.8 Å². The molecule has 21 heavy (non-hydrogen) atoms. The molecule has 0 aliphatic carbocycles. The van der Waals surface area contributed by atoms with E-state index in [1.54, 1.807) is 6.07 Å². The number of ether oxygens (including phenoxy) is 2. The maximum atomic E-state index is 12.6. The minimum atomic E-state index is -0.872. The zero-order valence-electron chi connectivity index (χ0n) is 10.6. The summed E-state index contributed by atoms with van der Waals surface area (Å²) in [6.07, 6.45) is -0.872. The smallest absolute Gasteiger partial charge is 0.255 e. The van der Waals surface area contributed by atoms with Crippen LogP contribution in [0.3, 0.4) is 0 Å². The van der Waals surface area contributed by atoms with Crippen LogP contribution in [0.15, 0.2) is 30.3 Å². The standard InChI is InChI=1S/C15H10O6/c16-6-1-2-8-10(4-6)20-15-12(8)14(19)13-9(18)3-7(17)5-11(13)21-15/h1-5,12,15-18H. The highest BCUT2D eigenvalue weighted by Crippen LogP contribution is 2.48. The molecular weight excluding hydrogens is 276 g/mol. The second kappa shape index (κ2) is 3.82. The Morgan fingerprint density at radius 2 is 1.62 bits per heavy atom. The summed E-state index contributed by atoms with van der Waals surface area (Å²) in [6, 6.07) is 6.82. The molecule has 0 radical (unpaired) electrons. The van der Waals surface area contributed by atoms with Crippen molar-refractivity contribution >= 4 is 5.78 Å². The van der Waals surface area contributed by atoms with Crippen LogP contribution in [0.25, 0.3) is 0 Å². The molecule has 0 bridgehead atoms. The van der Waals surface area contributed by atoms with Gasteiger partial charge in [0.15, 0.2) is 5.78 Å². The number of rotatable bonds is 0. The number of phenols is 3. The zero-order chi connectivity index (χ0) is 14.7. The van der Waals surface area contributed by atoms with Crippen molar-refractivity contribution in [3.8, 4) is 28.7 Å². The number of aromatic hydroxyl groups is 3. The van der Waals surface area contributed by atoms with Gasteiger partial charge in [-0.25, -0.2) is 0 Å². The Bertz CT molecular complexity index is 782. The molecule has 6 nitrogen and oxygen atoms in total. The van der Waals surface area contributed by atoms with Crippen LogP contribution < -0.4 is 9.47 Å². The molecule has 3 N–H and O–H groups in total. The van der Waals surface area contributed by atoms with E-state index in [9.17, 15) is 20.1 Å². The first kappa shape index (κ1) is 11.9. The maximum Gasteiger partial charge on any atom is 0.255 e. The van der Waals surface area contributed by atoms with Crippen molar-refractivity contribution in [3.63, 3.8) is 0 Å². The van der Waals surface area contributed by atoms with Gasteiger partial charge >= 0.3 is 0 Å². The number of ketones is 1. The molecule has 2 aliphatic heterocycles. The molecule has 0 spiro atoms. The van der Waals surface area contributed by atoms with Gasteiger partial charge in [0, 0.05) is 23.8 Å². The van der Waals surface area contributed by atoms with Crippen molar-refractivity contribution < 1.29 is 29.6 Å². The highest BCUT2D eigenvalue weighted by Gasteiger charge is 2.47. The first-order chi connectivity index (χ1) is 10.0. The molecule has 0 aromatic heterocycles. The van der Waals surface area contributed by atoms with Crippen LogP contribution in [0.5, 0.6) is 28.7 Å². The van der Waals surface area contributed by atoms with Crippen molar-refractivity contribution in [3.05, 3.63) is 41.5 Å². The summed E-state index contributed by atoms with van der Waals surface area (Å²) in [4.78, 5) is 12.6. The fraction of sp³-hybridized carbons (Fsp3) is 0.133. The fourth-order valence-corrected chi connectivity index (χ4v) is 2.79. The SMILES string of the molecule is O=C1c2c(O)cc(O)cc2OC2Oc3cc(O)ccc3C12. The topological polar surface area (TPSA) is 96.2 Å². The lowest BCUT2D eigenvalue weighted by atomic mass is 9.88. The van der Waals surface area contributed by atoms with Crippen molar-refractivity contribution in [2.45, 2.75) is 12.2 Å². The van der Waals surface area contributed by atoms with Gasteiger partial charge in [0.2, 0.25) is 0 Å². The highest BCUT2D eigenvalue weighted by molar-refractivity contribution is 6.07. The van der Waals surface area contributed by atoms with Crippen LogP contribution in [0.4, 0.5) is 0 Å². The van der Waals surface area contributed by atoms with E-state index in [-0.39, 0.29) is 34.3 Å². The van der Waals surface area contributed by atoms with E-state index >= 15 is 0 Å². The molecule has 2 aromatic carbocycles. The monoisotopic (exact) mass is 286 g/mol. The fourth-order valence-electron chi connectivity index (χ4n) is 2.79. The van der Waals surface area contributed by atoms with E-state index in [1.807, 2.05) is 0 Å². The molecule has 2 aliphatic rings. The molecule has 4 rings (SSSR count). The summed E-state index contributed by atoms with van der Waals surface area (Å²) < 4.78 is 11.1. The first-order valence-electron chi connectivity index (χ1n) is 6.31. The van der Waals surface area contributed by atoms with Crippen LogP contribution >= 0.6 is 0 Å². The average Bonchev–Trinajstić information content (AvgIpc) is 2.74. The van der Waals surface area contributed by atoms with Crippen LogP contribution in [-0.2, 0) is 0 Å². The number of carbonyl (C=O) groups excluding carboxylic acids is 1. The maximum absolute atomic E-state index is 12.6. The molecule has 2 unspecified atom stereocenters. The molecular formula is C15H10O6. The van der Waals surface area contributed by atoms with Crippen molar-refractivity contribution in [2.75, 3.05) is 0 Å². The highest BCUT2D eigenvalue weighted by atomic mass is 16.7. The van der Waals surface area contributed by atoms with Gasteiger partial charge in [0.1, 0.15) is 40.2 Å². The zero-order valence-corrected chi connectivity index (χ0v) is 10.6. The second-order valence-corrected chi connectivity index (χ2v) is 5.01. The number of carbonyl (C=O) groups is 1. The molecule has 0 saturated carbocycles. The summed E-state index contributed by atoms with van der Waals surface area (Å²) in [5.74, 6) is -1.11. The van der Waals surface area contributed by atoms with Gasteiger partial charge in [-0.05, 0) is 6.07 Å². The first-order valence-corrected chi connectivity index (χ1v) is 6.31. The number of Topliss-reactive ketones (excluding diaryl/α,β-unsaturated/α-hetero) is 1. The number of benzene rings is 2. The Labute approximate surface area is 118 Å². The van der Waals surface area contributed by atoms with E-state index in [4.69, 9.17) is 9.47 Å². The number of hydrogen-bond donors (Lipinski definition) is 3. The number of phenolic OH excluding ortho intramolecular Hbond substituents is 3. The normalized spacial score (nSPS) is 21.8. The van der Waals surface area contributed by atoms with Gasteiger partial charge in [0.05, 0.1) is 0 Å².